The van der Waals surface area contributed by atoms with Crippen molar-refractivity contribution in [3.63, 3.8) is 0 Å². The van der Waals surface area contributed by atoms with Crippen LogP contribution in [0.5, 0.6) is 0 Å². The molecule has 4 nitrogen and oxygen atoms in total. The van der Waals surface area contributed by atoms with Crippen LogP contribution in [0.2, 0.25) is 0 Å². The molecule has 0 spiro atoms. The summed E-state index contributed by atoms with van der Waals surface area (Å²) in [4.78, 5) is 16.1. The minimum Gasteiger partial charge on any atom is -0.369 e. The number of hydrogen-bond donors (Lipinski definition) is 1. The zero-order chi connectivity index (χ0) is 12.3. The van der Waals surface area contributed by atoms with E-state index in [1.54, 1.807) is 0 Å². The smallest absolute Gasteiger partial charge is 0.176 e. The molecule has 0 radical (unpaired) electrons. The molecule has 0 saturated carbocycles. The van der Waals surface area contributed by atoms with Gasteiger partial charge in [0.1, 0.15) is 0 Å². The lowest BCUT2D eigenvalue weighted by atomic mass is 10.1. The first-order valence-corrected chi connectivity index (χ1v) is 5.97. The first kappa shape index (κ1) is 12.1. The quantitative estimate of drug-likeness (QED) is 0.776. The molecule has 0 amide bonds. The van der Waals surface area contributed by atoms with Gasteiger partial charge in [0, 0.05) is 37.4 Å². The zero-order valence-electron chi connectivity index (χ0n) is 10.2. The fraction of sp³-hybridized carbons (Fsp3) is 0.462. The summed E-state index contributed by atoms with van der Waals surface area (Å²) in [7, 11) is 2.14. The molecular weight excluding hydrogens is 214 g/mol. The summed E-state index contributed by atoms with van der Waals surface area (Å²) in [5.74, 6) is -0.00470. The average molecular weight is 233 g/mol. The highest BCUT2D eigenvalue weighted by Crippen LogP contribution is 2.17. The molecule has 0 unspecified atom stereocenters. The van der Waals surface area contributed by atoms with Gasteiger partial charge in [-0.15, -0.1) is 0 Å². The number of nitrogens with two attached hydrogens (primary N) is 1. The highest BCUT2D eigenvalue weighted by Gasteiger charge is 2.14. The number of nitrogens with zero attached hydrogens (tertiary/aromatic N) is 2. The number of carbonyl (C=O) groups excluding carboxylic acids is 1. The molecule has 2 rings (SSSR count). The van der Waals surface area contributed by atoms with Crippen LogP contribution in [0.3, 0.4) is 0 Å². The zero-order valence-corrected chi connectivity index (χ0v) is 10.2. The second-order valence-electron chi connectivity index (χ2n) is 4.46. The van der Waals surface area contributed by atoms with Gasteiger partial charge in [-0.1, -0.05) is 0 Å². The number of ketones is 1. The number of benzene rings is 1. The Morgan fingerprint density at radius 2 is 1.76 bits per heavy atom. The molecule has 0 aromatic heterocycles. The highest BCUT2D eigenvalue weighted by atomic mass is 16.1. The maximum Gasteiger partial charge on any atom is 0.176 e. The van der Waals surface area contributed by atoms with E-state index in [4.69, 9.17) is 5.73 Å². The van der Waals surface area contributed by atoms with Crippen LogP contribution >= 0.6 is 0 Å². The van der Waals surface area contributed by atoms with Crippen LogP contribution in [0.1, 0.15) is 10.4 Å². The van der Waals surface area contributed by atoms with Gasteiger partial charge < -0.3 is 15.5 Å². The van der Waals surface area contributed by atoms with Crippen molar-refractivity contribution in [2.45, 2.75) is 0 Å². The van der Waals surface area contributed by atoms with Crippen LogP contribution in [0, 0.1) is 0 Å². The van der Waals surface area contributed by atoms with Gasteiger partial charge in [0.25, 0.3) is 0 Å². The minimum atomic E-state index is -0.00470. The van der Waals surface area contributed by atoms with Crippen LogP contribution in [0.25, 0.3) is 0 Å². The maximum absolute atomic E-state index is 11.4. The molecule has 0 atom stereocenters. The molecule has 1 saturated heterocycles. The fourth-order valence-electron chi connectivity index (χ4n) is 2.04. The van der Waals surface area contributed by atoms with Crippen molar-refractivity contribution < 1.29 is 4.79 Å². The first-order chi connectivity index (χ1) is 8.20. The Bertz CT molecular complexity index is 380. The normalized spacial score (nSPS) is 17.2. The molecule has 17 heavy (non-hydrogen) atoms. The van der Waals surface area contributed by atoms with E-state index in [1.807, 2.05) is 24.3 Å². The van der Waals surface area contributed by atoms with Crippen LogP contribution in [0.15, 0.2) is 24.3 Å². The van der Waals surface area contributed by atoms with Crippen molar-refractivity contribution in [2.75, 3.05) is 44.7 Å². The Balaban J connectivity index is 2.05. The van der Waals surface area contributed by atoms with Gasteiger partial charge in [-0.05, 0) is 31.3 Å². The van der Waals surface area contributed by atoms with Crippen molar-refractivity contribution in [2.24, 2.45) is 5.73 Å². The van der Waals surface area contributed by atoms with Crippen molar-refractivity contribution in [3.8, 4) is 0 Å². The third kappa shape index (κ3) is 2.84. The first-order valence-electron chi connectivity index (χ1n) is 5.97. The van der Waals surface area contributed by atoms with Crippen LogP contribution < -0.4 is 10.6 Å². The number of Topliss-reactive ketones (excluding diaryl/α,β-unsaturated/α-hetero) is 1. The number of rotatable bonds is 3. The van der Waals surface area contributed by atoms with Gasteiger partial charge >= 0.3 is 0 Å². The summed E-state index contributed by atoms with van der Waals surface area (Å²) in [6.45, 7) is 4.34. The van der Waals surface area contributed by atoms with Crippen LogP contribution in [-0.4, -0.2) is 50.5 Å². The van der Waals surface area contributed by atoms with E-state index in [2.05, 4.69) is 16.8 Å². The Morgan fingerprint density at radius 3 is 2.29 bits per heavy atom. The van der Waals surface area contributed by atoms with Crippen LogP contribution in [-0.2, 0) is 0 Å². The number of carbonyl (C=O) groups is 1. The predicted octanol–water partition coefficient (Wildman–Crippen LogP) is 0.580. The minimum absolute atomic E-state index is 0.00470. The monoisotopic (exact) mass is 233 g/mol. The van der Waals surface area contributed by atoms with E-state index < -0.39 is 0 Å². The standard InChI is InChI=1S/C13H19N3O/c1-15-6-8-16(9-7-15)12-4-2-11(3-5-12)13(17)10-14/h2-5H,6-10,14H2,1H3. The molecule has 4 heteroatoms. The third-order valence-corrected chi connectivity index (χ3v) is 3.24. The number of piperazine rings is 1. The maximum atomic E-state index is 11.4. The van der Waals surface area contributed by atoms with Crippen molar-refractivity contribution in [3.05, 3.63) is 29.8 Å². The van der Waals surface area contributed by atoms with Gasteiger partial charge in [-0.3, -0.25) is 4.79 Å². The summed E-state index contributed by atoms with van der Waals surface area (Å²) in [5.41, 5.74) is 7.22. The van der Waals surface area contributed by atoms with Gasteiger partial charge in [0.15, 0.2) is 5.78 Å². The summed E-state index contributed by atoms with van der Waals surface area (Å²) in [6.07, 6.45) is 0. The van der Waals surface area contributed by atoms with Crippen molar-refractivity contribution in [1.82, 2.24) is 4.90 Å². The van der Waals surface area contributed by atoms with Crippen molar-refractivity contribution >= 4 is 11.5 Å². The Morgan fingerprint density at radius 1 is 1.18 bits per heavy atom. The molecule has 0 bridgehead atoms. The third-order valence-electron chi connectivity index (χ3n) is 3.24. The van der Waals surface area contributed by atoms with E-state index in [-0.39, 0.29) is 12.3 Å². The van der Waals surface area contributed by atoms with E-state index >= 15 is 0 Å². The van der Waals surface area contributed by atoms with E-state index in [9.17, 15) is 4.79 Å². The number of anilines is 1. The average Bonchev–Trinajstić information content (AvgIpc) is 2.39. The van der Waals surface area contributed by atoms with Gasteiger partial charge in [0.05, 0.1) is 6.54 Å². The lowest BCUT2D eigenvalue weighted by Crippen LogP contribution is -2.44. The molecule has 1 aliphatic rings. The number of likely N-dealkylation sites (N-methyl/N-ethyl adjacent to an activating group) is 1. The second kappa shape index (κ2) is 5.29. The Kier molecular flexibility index (Phi) is 3.76. The van der Waals surface area contributed by atoms with Crippen molar-refractivity contribution in [1.29, 1.82) is 0 Å². The van der Waals surface area contributed by atoms with E-state index in [0.29, 0.717) is 5.56 Å². The van der Waals surface area contributed by atoms with E-state index in [0.717, 1.165) is 26.2 Å². The Hall–Kier alpha value is -1.39. The van der Waals surface area contributed by atoms with Gasteiger partial charge in [-0.2, -0.15) is 0 Å². The lowest BCUT2D eigenvalue weighted by Gasteiger charge is -2.34. The lowest BCUT2D eigenvalue weighted by molar-refractivity contribution is 0.100. The molecular formula is C13H19N3O. The van der Waals surface area contributed by atoms with Crippen LogP contribution in [0.4, 0.5) is 5.69 Å². The highest BCUT2D eigenvalue weighted by molar-refractivity contribution is 5.97. The number of hydrogen-bond acceptors (Lipinski definition) is 4. The second-order valence-corrected chi connectivity index (χ2v) is 4.46. The molecule has 1 aromatic rings. The molecule has 92 valence electrons. The Labute approximate surface area is 102 Å². The van der Waals surface area contributed by atoms with E-state index in [1.165, 1.54) is 5.69 Å². The largest absolute Gasteiger partial charge is 0.369 e. The summed E-state index contributed by atoms with van der Waals surface area (Å²) >= 11 is 0. The fourth-order valence-corrected chi connectivity index (χ4v) is 2.04. The van der Waals surface area contributed by atoms with Gasteiger partial charge in [0.2, 0.25) is 0 Å². The molecule has 1 fully saturated rings. The molecule has 0 aliphatic carbocycles. The topological polar surface area (TPSA) is 49.6 Å². The predicted molar refractivity (Wildman–Crippen MR) is 69.5 cm³/mol. The molecule has 1 heterocycles. The molecule has 1 aromatic carbocycles. The molecule has 2 N–H and O–H groups in total. The molecule has 1 aliphatic heterocycles. The summed E-state index contributed by atoms with van der Waals surface area (Å²) in [5, 5.41) is 0. The summed E-state index contributed by atoms with van der Waals surface area (Å²) < 4.78 is 0. The summed E-state index contributed by atoms with van der Waals surface area (Å²) in [6, 6.07) is 7.74. The SMILES string of the molecule is CN1CCN(c2ccc(C(=O)CN)cc2)CC1. The van der Waals surface area contributed by atoms with Gasteiger partial charge in [-0.25, -0.2) is 0 Å².